The maximum absolute atomic E-state index is 11.9. The number of ketones is 1. The molecule has 0 aliphatic heterocycles. The fourth-order valence-corrected chi connectivity index (χ4v) is 1.95. The van der Waals surface area contributed by atoms with E-state index in [9.17, 15) is 14.4 Å². The first-order valence-corrected chi connectivity index (χ1v) is 7.35. The number of nitrogens with one attached hydrogen (secondary N) is 2. The number of carbonyl (C=O) groups excluding carboxylic acids is 3. The zero-order valence-corrected chi connectivity index (χ0v) is 14.2. The molecule has 0 unspecified atom stereocenters. The summed E-state index contributed by atoms with van der Waals surface area (Å²) in [7, 11) is 1.49. The first-order chi connectivity index (χ1) is 10.8. The van der Waals surface area contributed by atoms with Crippen molar-refractivity contribution in [3.05, 3.63) is 40.6 Å². The van der Waals surface area contributed by atoms with E-state index in [1.165, 1.54) is 20.2 Å². The highest BCUT2D eigenvalue weighted by Crippen LogP contribution is 2.26. The van der Waals surface area contributed by atoms with Gasteiger partial charge in [0.25, 0.3) is 5.91 Å². The third-order valence-electron chi connectivity index (χ3n) is 2.78. The molecule has 0 atom stereocenters. The maximum Gasteiger partial charge on any atom is 0.343 e. The second-order valence-corrected chi connectivity index (χ2v) is 5.34. The molecule has 1 aromatic rings. The van der Waals surface area contributed by atoms with Crippen LogP contribution in [0.5, 0.6) is 0 Å². The quantitative estimate of drug-likeness (QED) is 0.360. The van der Waals surface area contributed by atoms with Crippen molar-refractivity contribution in [1.29, 1.82) is 0 Å². The van der Waals surface area contributed by atoms with Gasteiger partial charge >= 0.3 is 5.97 Å². The van der Waals surface area contributed by atoms with Gasteiger partial charge in [0, 0.05) is 13.2 Å². The molecule has 1 amide bonds. The zero-order valence-electron chi connectivity index (χ0n) is 13.4. The van der Waals surface area contributed by atoms with Gasteiger partial charge < -0.3 is 15.4 Å². The summed E-state index contributed by atoms with van der Waals surface area (Å²) in [6.45, 7) is 4.64. The first-order valence-electron chi connectivity index (χ1n) is 6.97. The molecule has 0 spiro atoms. The largest absolute Gasteiger partial charge is 0.459 e. The van der Waals surface area contributed by atoms with Gasteiger partial charge in [-0.15, -0.1) is 0 Å². The molecule has 1 aromatic carbocycles. The lowest BCUT2D eigenvalue weighted by molar-refractivity contribution is -0.143. The van der Waals surface area contributed by atoms with Crippen molar-refractivity contribution in [2.75, 3.05) is 12.4 Å². The Balaban J connectivity index is 3.08. The number of hydrogen-bond donors (Lipinski definition) is 2. The van der Waals surface area contributed by atoms with Gasteiger partial charge in [-0.05, 0) is 32.9 Å². The number of esters is 1. The summed E-state index contributed by atoms with van der Waals surface area (Å²) in [6, 6.07) is 4.82. The van der Waals surface area contributed by atoms with Gasteiger partial charge in [-0.1, -0.05) is 17.7 Å². The van der Waals surface area contributed by atoms with Crippen LogP contribution >= 0.6 is 11.6 Å². The molecular weight excluding hydrogens is 320 g/mol. The van der Waals surface area contributed by atoms with Gasteiger partial charge in [0.05, 0.1) is 22.4 Å². The van der Waals surface area contributed by atoms with Crippen LogP contribution in [0.25, 0.3) is 0 Å². The van der Waals surface area contributed by atoms with Crippen molar-refractivity contribution in [3.63, 3.8) is 0 Å². The Morgan fingerprint density at radius 2 is 1.91 bits per heavy atom. The van der Waals surface area contributed by atoms with Crippen LogP contribution in [0.2, 0.25) is 5.02 Å². The first kappa shape index (κ1) is 18.7. The molecule has 7 heteroatoms. The standard InChI is InChI=1S/C16H19ClN2O4/c1-9(2)23-16(22)12(10(3)20)8-19-13-7-5-6-11(14(13)17)15(21)18-4/h5-9,19H,1-4H3,(H,18,21). The zero-order chi connectivity index (χ0) is 17.6. The van der Waals surface area contributed by atoms with Crippen LogP contribution in [0.4, 0.5) is 5.69 Å². The van der Waals surface area contributed by atoms with Gasteiger partial charge in [0.1, 0.15) is 5.57 Å². The van der Waals surface area contributed by atoms with Crippen LogP contribution in [0.3, 0.4) is 0 Å². The number of amides is 1. The monoisotopic (exact) mass is 338 g/mol. The van der Waals surface area contributed by atoms with Gasteiger partial charge in [-0.3, -0.25) is 9.59 Å². The second-order valence-electron chi connectivity index (χ2n) is 4.96. The van der Waals surface area contributed by atoms with Crippen LogP contribution in [-0.2, 0) is 14.3 Å². The molecule has 0 radical (unpaired) electrons. The van der Waals surface area contributed by atoms with E-state index in [4.69, 9.17) is 16.3 Å². The van der Waals surface area contributed by atoms with Gasteiger partial charge in [0.2, 0.25) is 0 Å². The molecule has 0 saturated carbocycles. The summed E-state index contributed by atoms with van der Waals surface area (Å²) >= 11 is 6.16. The number of benzene rings is 1. The predicted molar refractivity (Wildman–Crippen MR) is 88.5 cm³/mol. The van der Waals surface area contributed by atoms with Crippen molar-refractivity contribution < 1.29 is 19.1 Å². The second kappa shape index (κ2) is 8.33. The Hall–Kier alpha value is -2.34. The van der Waals surface area contributed by atoms with Gasteiger partial charge in [0.15, 0.2) is 5.78 Å². The number of carbonyl (C=O) groups is 3. The molecule has 0 heterocycles. The number of hydrogen-bond acceptors (Lipinski definition) is 5. The summed E-state index contributed by atoms with van der Waals surface area (Å²) in [5.41, 5.74) is 0.533. The topological polar surface area (TPSA) is 84.5 Å². The predicted octanol–water partition coefficient (Wildman–Crippen LogP) is 2.54. The van der Waals surface area contributed by atoms with Crippen LogP contribution in [-0.4, -0.2) is 30.8 Å². The van der Waals surface area contributed by atoms with Crippen LogP contribution in [0.15, 0.2) is 30.0 Å². The molecule has 124 valence electrons. The van der Waals surface area contributed by atoms with Crippen LogP contribution < -0.4 is 10.6 Å². The minimum Gasteiger partial charge on any atom is -0.459 e. The lowest BCUT2D eigenvalue weighted by Crippen LogP contribution is -2.19. The van der Waals surface area contributed by atoms with Crippen molar-refractivity contribution in [2.24, 2.45) is 0 Å². The van der Waals surface area contributed by atoms with Crippen LogP contribution in [0, 0.1) is 0 Å². The van der Waals surface area contributed by atoms with E-state index < -0.39 is 11.8 Å². The molecule has 0 saturated heterocycles. The average molecular weight is 339 g/mol. The number of Topliss-reactive ketones (excluding diaryl/α,β-unsaturated/α-hetero) is 1. The van der Waals surface area contributed by atoms with Gasteiger partial charge in [-0.25, -0.2) is 4.79 Å². The normalized spacial score (nSPS) is 11.1. The highest BCUT2D eigenvalue weighted by atomic mass is 35.5. The van der Waals surface area contributed by atoms with E-state index in [0.29, 0.717) is 5.69 Å². The van der Waals surface area contributed by atoms with Crippen molar-refractivity contribution in [3.8, 4) is 0 Å². The van der Waals surface area contributed by atoms with E-state index in [1.54, 1.807) is 32.0 Å². The fourth-order valence-electron chi connectivity index (χ4n) is 1.69. The molecule has 0 fully saturated rings. The molecular formula is C16H19ClN2O4. The SMILES string of the molecule is CNC(=O)c1cccc(NC=C(C(C)=O)C(=O)OC(C)C)c1Cl. The Morgan fingerprint density at radius 3 is 2.43 bits per heavy atom. The molecule has 6 nitrogen and oxygen atoms in total. The summed E-state index contributed by atoms with van der Waals surface area (Å²) in [5.74, 6) is -1.51. The van der Waals surface area contributed by atoms with Crippen molar-refractivity contribution in [2.45, 2.75) is 26.9 Å². The molecule has 0 bridgehead atoms. The Morgan fingerprint density at radius 1 is 1.26 bits per heavy atom. The third-order valence-corrected chi connectivity index (χ3v) is 3.19. The number of rotatable bonds is 6. The highest BCUT2D eigenvalue weighted by molar-refractivity contribution is 6.36. The molecule has 0 aliphatic rings. The molecule has 0 aromatic heterocycles. The summed E-state index contributed by atoms with van der Waals surface area (Å²) in [4.78, 5) is 35.2. The Kier molecular flexibility index (Phi) is 6.78. The summed E-state index contributed by atoms with van der Waals surface area (Å²) in [5, 5.41) is 5.43. The van der Waals surface area contributed by atoms with E-state index in [2.05, 4.69) is 10.6 Å². The summed E-state index contributed by atoms with van der Waals surface area (Å²) in [6.07, 6.45) is 0.882. The van der Waals surface area contributed by atoms with Crippen molar-refractivity contribution in [1.82, 2.24) is 5.32 Å². The minimum absolute atomic E-state index is 0.139. The minimum atomic E-state index is -0.724. The Bertz CT molecular complexity index is 653. The van der Waals surface area contributed by atoms with E-state index in [-0.39, 0.29) is 28.2 Å². The fraction of sp³-hybridized carbons (Fsp3) is 0.312. The lowest BCUT2D eigenvalue weighted by atomic mass is 10.1. The third kappa shape index (κ3) is 5.10. The van der Waals surface area contributed by atoms with E-state index in [0.717, 1.165) is 0 Å². The Labute approximate surface area is 139 Å². The molecule has 0 aliphatic carbocycles. The average Bonchev–Trinajstić information content (AvgIpc) is 2.47. The van der Waals surface area contributed by atoms with Gasteiger partial charge in [-0.2, -0.15) is 0 Å². The van der Waals surface area contributed by atoms with E-state index in [1.807, 2.05) is 0 Å². The molecule has 23 heavy (non-hydrogen) atoms. The van der Waals surface area contributed by atoms with Crippen LogP contribution in [0.1, 0.15) is 31.1 Å². The number of halogens is 1. The smallest absolute Gasteiger partial charge is 0.343 e. The highest BCUT2D eigenvalue weighted by Gasteiger charge is 2.18. The molecule has 2 N–H and O–H groups in total. The van der Waals surface area contributed by atoms with E-state index >= 15 is 0 Å². The number of anilines is 1. The molecule has 1 rings (SSSR count). The maximum atomic E-state index is 11.9. The number of ether oxygens (including phenoxy) is 1. The lowest BCUT2D eigenvalue weighted by Gasteiger charge is -2.11. The van der Waals surface area contributed by atoms with Crippen molar-refractivity contribution >= 4 is 34.9 Å². The summed E-state index contributed by atoms with van der Waals surface area (Å²) < 4.78 is 5.01.